The number of carbonyl (C=O) groups excluding carboxylic acids is 1. The summed E-state index contributed by atoms with van der Waals surface area (Å²) in [6.07, 6.45) is 3.22. The summed E-state index contributed by atoms with van der Waals surface area (Å²) in [5.74, 6) is 0.258. The van der Waals surface area contributed by atoms with Gasteiger partial charge >= 0.3 is 0 Å². The molecule has 1 N–H and O–H groups in total. The Morgan fingerprint density at radius 1 is 1.26 bits per heavy atom. The molecule has 6 nitrogen and oxygen atoms in total. The zero-order valence-corrected chi connectivity index (χ0v) is 14.2. The average Bonchev–Trinajstić information content (AvgIpc) is 2.76. The average molecular weight is 323 g/mol. The Kier molecular flexibility index (Phi) is 3.31. The first-order chi connectivity index (χ1) is 10.9. The van der Waals surface area contributed by atoms with Gasteiger partial charge in [-0.1, -0.05) is 6.92 Å². The van der Waals surface area contributed by atoms with E-state index in [1.165, 1.54) is 0 Å². The Bertz CT molecular complexity index is 575. The summed E-state index contributed by atoms with van der Waals surface area (Å²) >= 11 is 0. The van der Waals surface area contributed by atoms with E-state index >= 15 is 0 Å². The number of nitrogens with one attached hydrogen (secondary N) is 1. The van der Waals surface area contributed by atoms with Gasteiger partial charge in [-0.15, -0.1) is 0 Å². The van der Waals surface area contributed by atoms with Gasteiger partial charge < -0.3 is 14.8 Å². The van der Waals surface area contributed by atoms with Crippen molar-refractivity contribution in [1.82, 2.24) is 5.32 Å². The van der Waals surface area contributed by atoms with Crippen LogP contribution in [0.1, 0.15) is 46.5 Å². The fourth-order valence-electron chi connectivity index (χ4n) is 4.96. The molecule has 1 amide bonds. The van der Waals surface area contributed by atoms with Crippen LogP contribution in [0.2, 0.25) is 0 Å². The van der Waals surface area contributed by atoms with Crippen LogP contribution in [0.4, 0.5) is 0 Å². The molecule has 0 aromatic rings. The van der Waals surface area contributed by atoms with E-state index in [4.69, 9.17) is 19.2 Å². The fourth-order valence-corrected chi connectivity index (χ4v) is 4.96. The monoisotopic (exact) mass is 323 g/mol. The number of likely N-dealkylation sites (N-methyl/N-ethyl adjacent to an activating group) is 1. The number of hydrogen-bond acceptors (Lipinski definition) is 5. The molecule has 2 bridgehead atoms. The van der Waals surface area contributed by atoms with Crippen molar-refractivity contribution < 1.29 is 24.0 Å². The Morgan fingerprint density at radius 2 is 2.04 bits per heavy atom. The predicted molar refractivity (Wildman–Crippen MR) is 80.6 cm³/mol. The van der Waals surface area contributed by atoms with Crippen molar-refractivity contribution >= 4 is 5.91 Å². The van der Waals surface area contributed by atoms with E-state index in [2.05, 4.69) is 12.2 Å². The van der Waals surface area contributed by atoms with Crippen LogP contribution in [0.5, 0.6) is 0 Å². The normalized spacial score (nSPS) is 48.3. The molecular formula is C17H25NO5. The summed E-state index contributed by atoms with van der Waals surface area (Å²) < 4.78 is 12.2. The van der Waals surface area contributed by atoms with Crippen molar-refractivity contribution in [2.45, 2.75) is 64.1 Å². The molecule has 6 atom stereocenters. The lowest BCUT2D eigenvalue weighted by atomic mass is 9.59. The number of carbonyl (C=O) groups is 1. The smallest absolute Gasteiger partial charge is 0.286 e. The molecule has 1 saturated carbocycles. The van der Waals surface area contributed by atoms with Crippen LogP contribution in [0, 0.1) is 17.8 Å². The van der Waals surface area contributed by atoms with Crippen molar-refractivity contribution in [3.05, 3.63) is 11.3 Å². The second-order valence-electron chi connectivity index (χ2n) is 7.57. The van der Waals surface area contributed by atoms with Gasteiger partial charge in [-0.3, -0.25) is 4.79 Å². The van der Waals surface area contributed by atoms with Crippen LogP contribution in [-0.4, -0.2) is 30.6 Å². The van der Waals surface area contributed by atoms with Crippen LogP contribution in [0.15, 0.2) is 11.3 Å². The topological polar surface area (TPSA) is 66.0 Å². The number of fused-ring (bicyclic) bond motifs is 2. The summed E-state index contributed by atoms with van der Waals surface area (Å²) in [5.41, 5.74) is 0.296. The molecule has 1 aliphatic carbocycles. The third-order valence-electron chi connectivity index (χ3n) is 6.26. The Hall–Kier alpha value is -1.11. The third kappa shape index (κ3) is 1.95. The molecule has 128 valence electrons. The Morgan fingerprint density at radius 3 is 2.78 bits per heavy atom. The SMILES string of the molecule is CNC(=O)C1=C(C)[C@@H]2CC[C@@H](C)[C@@H]3CCC4(C)OO[C@@]23C(O1)O4. The van der Waals surface area contributed by atoms with Gasteiger partial charge in [0.15, 0.2) is 11.4 Å². The quantitative estimate of drug-likeness (QED) is 0.750. The standard InChI is InChI=1S/C17H25NO5/c1-9-5-6-12-10(2)13(14(19)18-4)20-15-17(12)11(9)7-8-16(3,21-15)22-23-17/h9,11-12,15H,5-8H2,1-4H3,(H,18,19)/t9-,11+,12+,15?,16?,17-/m1/s1. The van der Waals surface area contributed by atoms with Crippen LogP contribution in [0.25, 0.3) is 0 Å². The first kappa shape index (κ1) is 15.4. The van der Waals surface area contributed by atoms with Gasteiger partial charge in [-0.2, -0.15) is 0 Å². The fraction of sp³-hybridized carbons (Fsp3) is 0.824. The van der Waals surface area contributed by atoms with Gasteiger partial charge in [0.25, 0.3) is 5.91 Å². The predicted octanol–water partition coefficient (Wildman–Crippen LogP) is 2.25. The molecular weight excluding hydrogens is 298 g/mol. The van der Waals surface area contributed by atoms with Gasteiger partial charge in [0.1, 0.15) is 0 Å². The molecule has 4 heterocycles. The van der Waals surface area contributed by atoms with Gasteiger partial charge in [0.05, 0.1) is 0 Å². The molecule has 0 radical (unpaired) electrons. The largest absolute Gasteiger partial charge is 0.456 e. The van der Waals surface area contributed by atoms with Crippen LogP contribution >= 0.6 is 0 Å². The summed E-state index contributed by atoms with van der Waals surface area (Å²) in [4.78, 5) is 24.0. The lowest BCUT2D eigenvalue weighted by Gasteiger charge is -2.57. The van der Waals surface area contributed by atoms with Crippen molar-refractivity contribution in [2.24, 2.45) is 17.8 Å². The number of rotatable bonds is 1. The van der Waals surface area contributed by atoms with Gasteiger partial charge in [0.2, 0.25) is 12.1 Å². The Balaban J connectivity index is 1.85. The van der Waals surface area contributed by atoms with Crippen molar-refractivity contribution in [2.75, 3.05) is 7.05 Å². The first-order valence-electron chi connectivity index (χ1n) is 8.55. The maximum Gasteiger partial charge on any atom is 0.286 e. The lowest BCUT2D eigenvalue weighted by Crippen LogP contribution is -2.67. The van der Waals surface area contributed by atoms with Crippen molar-refractivity contribution in [1.29, 1.82) is 0 Å². The first-order valence-corrected chi connectivity index (χ1v) is 8.55. The minimum Gasteiger partial charge on any atom is -0.456 e. The molecule has 5 aliphatic rings. The number of ether oxygens (including phenoxy) is 2. The molecule has 4 aliphatic heterocycles. The molecule has 23 heavy (non-hydrogen) atoms. The highest BCUT2D eigenvalue weighted by Gasteiger charge is 2.68. The van der Waals surface area contributed by atoms with E-state index in [0.29, 0.717) is 17.6 Å². The molecule has 3 saturated heterocycles. The molecule has 0 aromatic heterocycles. The third-order valence-corrected chi connectivity index (χ3v) is 6.26. The van der Waals surface area contributed by atoms with Crippen molar-refractivity contribution in [3.8, 4) is 0 Å². The molecule has 4 fully saturated rings. The van der Waals surface area contributed by atoms with Crippen LogP contribution in [0.3, 0.4) is 0 Å². The minimum absolute atomic E-state index is 0.0809. The summed E-state index contributed by atoms with van der Waals surface area (Å²) in [7, 11) is 1.61. The second kappa shape index (κ2) is 4.94. The van der Waals surface area contributed by atoms with E-state index in [9.17, 15) is 4.79 Å². The van der Waals surface area contributed by atoms with E-state index in [1.807, 2.05) is 13.8 Å². The second-order valence-corrected chi connectivity index (χ2v) is 7.57. The van der Waals surface area contributed by atoms with E-state index in [1.54, 1.807) is 7.05 Å². The number of amides is 1. The van der Waals surface area contributed by atoms with E-state index in [0.717, 1.165) is 31.3 Å². The van der Waals surface area contributed by atoms with Gasteiger partial charge in [-0.25, -0.2) is 9.78 Å². The lowest BCUT2D eigenvalue weighted by molar-refractivity contribution is -0.555. The molecule has 6 heteroatoms. The summed E-state index contributed by atoms with van der Waals surface area (Å²) in [5, 5.41) is 2.66. The van der Waals surface area contributed by atoms with Gasteiger partial charge in [0, 0.05) is 25.3 Å². The number of hydrogen-bond donors (Lipinski definition) is 1. The van der Waals surface area contributed by atoms with E-state index in [-0.39, 0.29) is 11.8 Å². The zero-order chi connectivity index (χ0) is 16.4. The summed E-state index contributed by atoms with van der Waals surface area (Å²) in [6, 6.07) is 0. The Labute approximate surface area is 136 Å². The maximum absolute atomic E-state index is 12.2. The van der Waals surface area contributed by atoms with Gasteiger partial charge in [-0.05, 0) is 44.6 Å². The zero-order valence-electron chi connectivity index (χ0n) is 14.2. The highest BCUT2D eigenvalue weighted by atomic mass is 17.3. The van der Waals surface area contributed by atoms with Crippen molar-refractivity contribution in [3.63, 3.8) is 0 Å². The minimum atomic E-state index is -0.809. The van der Waals surface area contributed by atoms with Crippen LogP contribution < -0.4 is 5.32 Å². The van der Waals surface area contributed by atoms with E-state index < -0.39 is 17.7 Å². The van der Waals surface area contributed by atoms with Crippen LogP contribution in [-0.2, 0) is 24.0 Å². The highest BCUT2D eigenvalue weighted by molar-refractivity contribution is 5.92. The maximum atomic E-state index is 12.2. The molecule has 1 spiro atoms. The molecule has 0 aromatic carbocycles. The highest BCUT2D eigenvalue weighted by Crippen LogP contribution is 2.60. The molecule has 5 rings (SSSR count). The molecule has 2 unspecified atom stereocenters. The summed E-state index contributed by atoms with van der Waals surface area (Å²) in [6.45, 7) is 6.12.